The third-order valence-corrected chi connectivity index (χ3v) is 3.78. The molecule has 1 heterocycles. The number of carboxylic acids is 1. The molecule has 1 aromatic carbocycles. The van der Waals surface area contributed by atoms with Crippen molar-refractivity contribution in [1.29, 1.82) is 0 Å². The van der Waals surface area contributed by atoms with Gasteiger partial charge in [0.25, 0.3) is 0 Å². The van der Waals surface area contributed by atoms with Gasteiger partial charge in [0.1, 0.15) is 17.3 Å². The highest BCUT2D eigenvalue weighted by atomic mass is 16.4. The Labute approximate surface area is 103 Å². The van der Waals surface area contributed by atoms with E-state index in [1.807, 2.05) is 12.1 Å². The molecule has 0 aliphatic heterocycles. The summed E-state index contributed by atoms with van der Waals surface area (Å²) in [5.41, 5.74) is -0.236. The molecule has 0 saturated heterocycles. The van der Waals surface area contributed by atoms with Gasteiger partial charge in [0.15, 0.2) is 5.78 Å². The molecule has 1 aromatic heterocycles. The van der Waals surface area contributed by atoms with Crippen LogP contribution in [0.15, 0.2) is 34.9 Å². The van der Waals surface area contributed by atoms with Crippen molar-refractivity contribution in [1.82, 2.24) is 0 Å². The van der Waals surface area contributed by atoms with Gasteiger partial charge < -0.3 is 9.52 Å². The predicted octanol–water partition coefficient (Wildman–Crippen LogP) is 2.87. The lowest BCUT2D eigenvalue weighted by atomic mass is 9.64. The van der Waals surface area contributed by atoms with Gasteiger partial charge in [-0.1, -0.05) is 24.6 Å². The number of hydrogen-bond donors (Lipinski definition) is 1. The Kier molecular flexibility index (Phi) is 2.26. The van der Waals surface area contributed by atoms with Crippen LogP contribution < -0.4 is 0 Å². The van der Waals surface area contributed by atoms with Gasteiger partial charge >= 0.3 is 5.97 Å². The van der Waals surface area contributed by atoms with E-state index < -0.39 is 11.4 Å². The Bertz CT molecular complexity index is 634. The summed E-state index contributed by atoms with van der Waals surface area (Å²) in [6.45, 7) is 0. The van der Waals surface area contributed by atoms with Crippen LogP contribution in [-0.4, -0.2) is 16.9 Å². The molecule has 1 N–H and O–H groups in total. The fraction of sp³-hybridized carbons (Fsp3) is 0.286. The number of aliphatic carboxylic acids is 1. The van der Waals surface area contributed by atoms with Crippen molar-refractivity contribution in [2.45, 2.75) is 19.3 Å². The van der Waals surface area contributed by atoms with Crippen LogP contribution in [-0.2, 0) is 4.79 Å². The molecule has 1 aliphatic carbocycles. The second-order valence-corrected chi connectivity index (χ2v) is 4.72. The molecule has 3 rings (SSSR count). The van der Waals surface area contributed by atoms with Crippen molar-refractivity contribution in [3.8, 4) is 0 Å². The summed E-state index contributed by atoms with van der Waals surface area (Å²) >= 11 is 0. The van der Waals surface area contributed by atoms with Gasteiger partial charge in [-0.25, -0.2) is 0 Å². The van der Waals surface area contributed by atoms with Crippen molar-refractivity contribution in [2.24, 2.45) is 5.41 Å². The summed E-state index contributed by atoms with van der Waals surface area (Å²) in [6.07, 6.45) is 2.99. The highest BCUT2D eigenvalue weighted by Crippen LogP contribution is 2.45. The molecule has 1 aliphatic rings. The maximum atomic E-state index is 12.4. The van der Waals surface area contributed by atoms with Crippen molar-refractivity contribution < 1.29 is 19.1 Å². The van der Waals surface area contributed by atoms with Crippen LogP contribution in [0.2, 0.25) is 0 Å². The van der Waals surface area contributed by atoms with E-state index in [0.29, 0.717) is 29.4 Å². The van der Waals surface area contributed by atoms with Gasteiger partial charge in [-0.2, -0.15) is 0 Å². The number of benzene rings is 1. The molecule has 0 radical (unpaired) electrons. The van der Waals surface area contributed by atoms with Gasteiger partial charge in [0.05, 0.1) is 5.56 Å². The maximum absolute atomic E-state index is 12.4. The van der Waals surface area contributed by atoms with Gasteiger partial charge in [-0.05, 0) is 18.9 Å². The highest BCUT2D eigenvalue weighted by Gasteiger charge is 2.51. The highest BCUT2D eigenvalue weighted by molar-refractivity contribution is 6.17. The summed E-state index contributed by atoms with van der Waals surface area (Å²) < 4.78 is 5.30. The summed E-state index contributed by atoms with van der Waals surface area (Å²) in [7, 11) is 0. The number of rotatable bonds is 3. The van der Waals surface area contributed by atoms with E-state index in [0.717, 1.165) is 6.42 Å². The van der Waals surface area contributed by atoms with E-state index in [4.69, 9.17) is 4.42 Å². The largest absolute Gasteiger partial charge is 0.480 e. The quantitative estimate of drug-likeness (QED) is 0.665. The Morgan fingerprint density at radius 2 is 1.94 bits per heavy atom. The smallest absolute Gasteiger partial charge is 0.317 e. The minimum absolute atomic E-state index is 0.328. The Morgan fingerprint density at radius 1 is 1.22 bits per heavy atom. The average Bonchev–Trinajstić information content (AvgIpc) is 2.70. The molecule has 0 unspecified atom stereocenters. The van der Waals surface area contributed by atoms with E-state index in [1.54, 1.807) is 12.1 Å². The first-order valence-corrected chi connectivity index (χ1v) is 5.89. The zero-order chi connectivity index (χ0) is 12.8. The molecule has 1 fully saturated rings. The summed E-state index contributed by atoms with van der Waals surface area (Å²) in [5, 5.41) is 9.96. The standard InChI is InChI=1S/C14H12O4/c15-12(14(13(16)17)6-3-7-14)10-8-18-11-5-2-1-4-9(10)11/h1-2,4-5,8H,3,6-7H2,(H,16,17). The molecule has 4 nitrogen and oxygen atoms in total. The molecule has 4 heteroatoms. The number of fused-ring (bicyclic) bond motifs is 1. The fourth-order valence-corrected chi connectivity index (χ4v) is 2.48. The molecule has 1 saturated carbocycles. The second kappa shape index (κ2) is 3.70. The monoisotopic (exact) mass is 244 g/mol. The first-order valence-electron chi connectivity index (χ1n) is 5.89. The summed E-state index contributed by atoms with van der Waals surface area (Å²) in [5.74, 6) is -1.35. The number of carbonyl (C=O) groups is 2. The van der Waals surface area contributed by atoms with E-state index >= 15 is 0 Å². The van der Waals surface area contributed by atoms with E-state index in [2.05, 4.69) is 0 Å². The van der Waals surface area contributed by atoms with Crippen LogP contribution >= 0.6 is 0 Å². The lowest BCUT2D eigenvalue weighted by Gasteiger charge is -2.35. The molecule has 18 heavy (non-hydrogen) atoms. The zero-order valence-corrected chi connectivity index (χ0v) is 9.68. The number of ketones is 1. The summed E-state index contributed by atoms with van der Waals surface area (Å²) in [6, 6.07) is 7.17. The molecule has 92 valence electrons. The maximum Gasteiger partial charge on any atom is 0.317 e. The molecule has 0 amide bonds. The molecule has 2 aromatic rings. The molecule has 0 spiro atoms. The third kappa shape index (κ3) is 1.32. The number of Topliss-reactive ketones (excluding diaryl/α,β-unsaturated/α-hetero) is 1. The topological polar surface area (TPSA) is 67.5 Å². The Balaban J connectivity index is 2.10. The zero-order valence-electron chi connectivity index (χ0n) is 9.68. The molecular weight excluding hydrogens is 232 g/mol. The number of carbonyl (C=O) groups excluding carboxylic acids is 1. The fourth-order valence-electron chi connectivity index (χ4n) is 2.48. The van der Waals surface area contributed by atoms with Gasteiger partial charge in [0, 0.05) is 5.39 Å². The summed E-state index contributed by atoms with van der Waals surface area (Å²) in [4.78, 5) is 23.7. The molecular formula is C14H12O4. The average molecular weight is 244 g/mol. The van der Waals surface area contributed by atoms with Crippen molar-refractivity contribution in [3.05, 3.63) is 36.1 Å². The van der Waals surface area contributed by atoms with Crippen molar-refractivity contribution in [2.75, 3.05) is 0 Å². The minimum Gasteiger partial charge on any atom is -0.480 e. The lowest BCUT2D eigenvalue weighted by molar-refractivity contribution is -0.150. The second-order valence-electron chi connectivity index (χ2n) is 4.72. The van der Waals surface area contributed by atoms with E-state index in [1.165, 1.54) is 6.26 Å². The van der Waals surface area contributed by atoms with E-state index in [9.17, 15) is 14.7 Å². The van der Waals surface area contributed by atoms with Crippen molar-refractivity contribution in [3.63, 3.8) is 0 Å². The molecule has 0 atom stereocenters. The number of furan rings is 1. The van der Waals surface area contributed by atoms with Crippen LogP contribution in [0, 0.1) is 5.41 Å². The lowest BCUT2D eigenvalue weighted by Crippen LogP contribution is -2.45. The van der Waals surface area contributed by atoms with Crippen LogP contribution in [0.25, 0.3) is 11.0 Å². The van der Waals surface area contributed by atoms with Crippen LogP contribution in [0.4, 0.5) is 0 Å². The minimum atomic E-state index is -1.23. The van der Waals surface area contributed by atoms with Gasteiger partial charge in [-0.15, -0.1) is 0 Å². The van der Waals surface area contributed by atoms with Crippen molar-refractivity contribution >= 4 is 22.7 Å². The van der Waals surface area contributed by atoms with Gasteiger partial charge in [0.2, 0.25) is 0 Å². The Morgan fingerprint density at radius 3 is 2.56 bits per heavy atom. The number of hydrogen-bond acceptors (Lipinski definition) is 3. The SMILES string of the molecule is O=C(O)C1(C(=O)c2coc3ccccc23)CCC1. The first kappa shape index (κ1) is 11.0. The molecule has 0 bridgehead atoms. The number of para-hydroxylation sites is 1. The first-order chi connectivity index (χ1) is 8.65. The van der Waals surface area contributed by atoms with E-state index in [-0.39, 0.29) is 5.78 Å². The van der Waals surface area contributed by atoms with Crippen LogP contribution in [0.3, 0.4) is 0 Å². The normalized spacial score (nSPS) is 17.3. The Hall–Kier alpha value is -2.10. The van der Waals surface area contributed by atoms with Crippen LogP contribution in [0.1, 0.15) is 29.6 Å². The van der Waals surface area contributed by atoms with Gasteiger partial charge in [-0.3, -0.25) is 9.59 Å². The van der Waals surface area contributed by atoms with Crippen LogP contribution in [0.5, 0.6) is 0 Å². The third-order valence-electron chi connectivity index (χ3n) is 3.78. The number of carboxylic acid groups (broad SMARTS) is 1. The predicted molar refractivity (Wildman–Crippen MR) is 64.5 cm³/mol.